The quantitative estimate of drug-likeness (QED) is 0.332. The number of hydrogen-bond acceptors (Lipinski definition) is 4. The first-order valence-corrected chi connectivity index (χ1v) is 12.3. The molecule has 3 aromatic carbocycles. The van der Waals surface area contributed by atoms with Crippen LogP contribution in [-0.2, 0) is 23.0 Å². The van der Waals surface area contributed by atoms with Crippen molar-refractivity contribution in [2.24, 2.45) is 0 Å². The number of fused-ring (bicyclic) bond motifs is 1. The summed E-state index contributed by atoms with van der Waals surface area (Å²) in [7, 11) is -2.31. The van der Waals surface area contributed by atoms with Crippen LogP contribution in [0, 0.1) is 6.92 Å². The molecule has 0 aliphatic heterocycles. The minimum Gasteiger partial charge on any atom is -0.435 e. The Morgan fingerprint density at radius 2 is 1.85 bits per heavy atom. The van der Waals surface area contributed by atoms with E-state index in [2.05, 4.69) is 10.1 Å². The van der Waals surface area contributed by atoms with Crippen LogP contribution < -0.4 is 10.1 Å². The largest absolute Gasteiger partial charge is 0.435 e. The van der Waals surface area contributed by atoms with Gasteiger partial charge >= 0.3 is 6.61 Å². The molecule has 0 amide bonds. The topological polar surface area (TPSA) is 60.3 Å². The van der Waals surface area contributed by atoms with Gasteiger partial charge in [-0.1, -0.05) is 41.9 Å². The van der Waals surface area contributed by atoms with Gasteiger partial charge in [0.05, 0.1) is 10.4 Å². The van der Waals surface area contributed by atoms with Gasteiger partial charge in [-0.2, -0.15) is 8.78 Å². The first-order chi connectivity index (χ1) is 16.2. The molecular formula is C25H23ClF2N2O3S. The van der Waals surface area contributed by atoms with E-state index in [4.69, 9.17) is 11.6 Å². The lowest BCUT2D eigenvalue weighted by molar-refractivity contribution is -0.0499. The monoisotopic (exact) mass is 504 g/mol. The number of rotatable bonds is 8. The van der Waals surface area contributed by atoms with Gasteiger partial charge in [0.2, 0.25) is 0 Å². The van der Waals surface area contributed by atoms with Gasteiger partial charge in [-0.15, -0.1) is 0 Å². The van der Waals surface area contributed by atoms with E-state index in [-0.39, 0.29) is 10.6 Å². The first-order valence-electron chi connectivity index (χ1n) is 10.5. The molecule has 5 nitrogen and oxygen atoms in total. The molecule has 0 aliphatic carbocycles. The van der Waals surface area contributed by atoms with Crippen LogP contribution in [0.25, 0.3) is 10.9 Å². The Morgan fingerprint density at radius 1 is 1.06 bits per heavy atom. The molecule has 1 heterocycles. The molecule has 0 unspecified atom stereocenters. The molecule has 0 aliphatic rings. The molecule has 0 spiro atoms. The van der Waals surface area contributed by atoms with Gasteiger partial charge in [0.15, 0.2) is 0 Å². The fourth-order valence-electron chi connectivity index (χ4n) is 3.89. The molecule has 9 heteroatoms. The summed E-state index contributed by atoms with van der Waals surface area (Å²) in [6.07, 6.45) is 2.08. The lowest BCUT2D eigenvalue weighted by atomic mass is 10.0. The second-order valence-corrected chi connectivity index (χ2v) is 10.2. The van der Waals surface area contributed by atoms with Crippen molar-refractivity contribution in [3.8, 4) is 5.75 Å². The number of alkyl halides is 2. The van der Waals surface area contributed by atoms with E-state index in [1.165, 1.54) is 22.2 Å². The van der Waals surface area contributed by atoms with Gasteiger partial charge in [-0.05, 0) is 66.9 Å². The highest BCUT2D eigenvalue weighted by Gasteiger charge is 2.22. The normalized spacial score (nSPS) is 11.9. The number of ether oxygens (including phenoxy) is 1. The Morgan fingerprint density at radius 3 is 2.56 bits per heavy atom. The van der Waals surface area contributed by atoms with E-state index in [9.17, 15) is 17.2 Å². The number of aryl methyl sites for hydroxylation is 1. The summed E-state index contributed by atoms with van der Waals surface area (Å²) in [5.74, 6) is -0.224. The average Bonchev–Trinajstić information content (AvgIpc) is 3.14. The fraction of sp³-hybridized carbons (Fsp3) is 0.200. The molecule has 178 valence electrons. The summed E-state index contributed by atoms with van der Waals surface area (Å²) in [5, 5.41) is 4.47. The predicted octanol–water partition coefficient (Wildman–Crippen LogP) is 5.75. The second-order valence-electron chi connectivity index (χ2n) is 7.96. The molecule has 4 aromatic rings. The minimum absolute atomic E-state index is 0.148. The van der Waals surface area contributed by atoms with Crippen LogP contribution in [0.4, 0.5) is 8.78 Å². The summed E-state index contributed by atoms with van der Waals surface area (Å²) in [6, 6.07) is 16.6. The summed E-state index contributed by atoms with van der Waals surface area (Å²) in [4.78, 5) is -0.148. The highest BCUT2D eigenvalue weighted by Crippen LogP contribution is 2.30. The molecule has 4 rings (SSSR count). The third kappa shape index (κ3) is 4.94. The maximum Gasteiger partial charge on any atom is 0.387 e. The standard InChI is InChI=1S/C25H23ClF2N2O3S/c1-16-6-8-18(23(26)10-16)11-17-7-9-22-19(14-29-2)15-30(24(22)12-17)34(31,32)21-5-3-4-20(13-21)33-25(27)28/h3-10,12-13,15,25,29H,11,14H2,1-2H3. The maximum atomic E-state index is 13.5. The predicted molar refractivity (Wildman–Crippen MR) is 129 cm³/mol. The highest BCUT2D eigenvalue weighted by molar-refractivity contribution is 7.90. The van der Waals surface area contributed by atoms with E-state index < -0.39 is 16.6 Å². The molecular weight excluding hydrogens is 482 g/mol. The van der Waals surface area contributed by atoms with Crippen LogP contribution in [0.3, 0.4) is 0 Å². The Balaban J connectivity index is 1.82. The first kappa shape index (κ1) is 24.2. The van der Waals surface area contributed by atoms with Crippen molar-refractivity contribution in [3.63, 3.8) is 0 Å². The zero-order valence-electron chi connectivity index (χ0n) is 18.6. The third-order valence-electron chi connectivity index (χ3n) is 5.48. The van der Waals surface area contributed by atoms with Crippen molar-refractivity contribution in [1.29, 1.82) is 0 Å². The van der Waals surface area contributed by atoms with Gasteiger partial charge in [-0.3, -0.25) is 0 Å². The summed E-state index contributed by atoms with van der Waals surface area (Å²) in [5.41, 5.74) is 4.16. The molecule has 0 radical (unpaired) electrons. The number of hydrogen-bond donors (Lipinski definition) is 1. The second kappa shape index (κ2) is 9.74. The summed E-state index contributed by atoms with van der Waals surface area (Å²) >= 11 is 6.40. The molecule has 0 bridgehead atoms. The van der Waals surface area contributed by atoms with E-state index in [1.807, 2.05) is 43.3 Å². The van der Waals surface area contributed by atoms with Crippen molar-refractivity contribution in [1.82, 2.24) is 9.29 Å². The van der Waals surface area contributed by atoms with Crippen LogP contribution in [0.5, 0.6) is 5.75 Å². The molecule has 0 saturated heterocycles. The molecule has 0 saturated carbocycles. The summed E-state index contributed by atoms with van der Waals surface area (Å²) < 4.78 is 58.0. The smallest absolute Gasteiger partial charge is 0.387 e. The van der Waals surface area contributed by atoms with E-state index in [1.54, 1.807) is 13.2 Å². The van der Waals surface area contributed by atoms with Gasteiger partial charge in [0.25, 0.3) is 10.0 Å². The Hall–Kier alpha value is -2.94. The van der Waals surface area contributed by atoms with Crippen LogP contribution in [0.15, 0.2) is 71.8 Å². The third-order valence-corrected chi connectivity index (χ3v) is 7.50. The number of halogens is 3. The minimum atomic E-state index is -4.09. The SMILES string of the molecule is CNCc1cn(S(=O)(=O)c2cccc(OC(F)F)c2)c2cc(Cc3ccc(C)cc3Cl)ccc12. The molecule has 0 atom stereocenters. The molecule has 1 N–H and O–H groups in total. The van der Waals surface area contributed by atoms with Crippen molar-refractivity contribution < 1.29 is 21.9 Å². The zero-order chi connectivity index (χ0) is 24.5. The van der Waals surface area contributed by atoms with Crippen molar-refractivity contribution >= 4 is 32.5 Å². The van der Waals surface area contributed by atoms with E-state index in [0.29, 0.717) is 23.5 Å². The number of nitrogens with one attached hydrogen (secondary N) is 1. The van der Waals surface area contributed by atoms with Crippen LogP contribution in [0.1, 0.15) is 22.3 Å². The summed E-state index contributed by atoms with van der Waals surface area (Å²) in [6.45, 7) is -0.635. The van der Waals surface area contributed by atoms with Gasteiger partial charge in [0.1, 0.15) is 5.75 Å². The van der Waals surface area contributed by atoms with E-state index in [0.717, 1.165) is 33.7 Å². The fourth-order valence-corrected chi connectivity index (χ4v) is 5.61. The molecule has 34 heavy (non-hydrogen) atoms. The highest BCUT2D eigenvalue weighted by atomic mass is 35.5. The lowest BCUT2D eigenvalue weighted by Gasteiger charge is -2.11. The van der Waals surface area contributed by atoms with Gasteiger partial charge in [-0.25, -0.2) is 12.4 Å². The van der Waals surface area contributed by atoms with Crippen molar-refractivity contribution in [2.45, 2.75) is 31.4 Å². The molecule has 1 aromatic heterocycles. The van der Waals surface area contributed by atoms with Gasteiger partial charge < -0.3 is 10.1 Å². The van der Waals surface area contributed by atoms with Crippen LogP contribution >= 0.6 is 11.6 Å². The number of nitrogens with zero attached hydrogens (tertiary/aromatic N) is 1. The van der Waals surface area contributed by atoms with E-state index >= 15 is 0 Å². The Labute approximate surface area is 202 Å². The maximum absolute atomic E-state index is 13.5. The van der Waals surface area contributed by atoms with Crippen LogP contribution in [0.2, 0.25) is 5.02 Å². The van der Waals surface area contributed by atoms with Crippen LogP contribution in [-0.4, -0.2) is 26.0 Å². The van der Waals surface area contributed by atoms with Gasteiger partial charge in [0, 0.05) is 29.2 Å². The number of benzene rings is 3. The number of aromatic nitrogens is 1. The average molecular weight is 505 g/mol. The Kier molecular flexibility index (Phi) is 6.93. The van der Waals surface area contributed by atoms with Crippen molar-refractivity contribution in [2.75, 3.05) is 7.05 Å². The lowest BCUT2D eigenvalue weighted by Crippen LogP contribution is -2.13. The van der Waals surface area contributed by atoms with Crippen molar-refractivity contribution in [3.05, 3.63) is 94.1 Å². The molecule has 0 fully saturated rings. The Bertz CT molecular complexity index is 1450. The zero-order valence-corrected chi connectivity index (χ0v) is 20.1.